The van der Waals surface area contributed by atoms with E-state index in [0.29, 0.717) is 11.6 Å². The predicted octanol–water partition coefficient (Wildman–Crippen LogP) is 2.79. The molecule has 0 amide bonds. The second kappa shape index (κ2) is 8.88. The number of benzene rings is 1. The summed E-state index contributed by atoms with van der Waals surface area (Å²) in [4.78, 5) is 11.3. The third kappa shape index (κ3) is 3.89. The molecule has 0 saturated carbocycles. The summed E-state index contributed by atoms with van der Waals surface area (Å²) in [7, 11) is 0. The van der Waals surface area contributed by atoms with Crippen molar-refractivity contribution in [2.24, 2.45) is 5.73 Å². The van der Waals surface area contributed by atoms with Gasteiger partial charge < -0.3 is 20.5 Å². The molecule has 0 bridgehead atoms. The van der Waals surface area contributed by atoms with Crippen LogP contribution in [0.3, 0.4) is 0 Å². The molecule has 9 heteroatoms. The van der Waals surface area contributed by atoms with Crippen LogP contribution in [0.25, 0.3) is 16.6 Å². The van der Waals surface area contributed by atoms with E-state index >= 15 is 0 Å². The van der Waals surface area contributed by atoms with Gasteiger partial charge in [0.2, 0.25) is 0 Å². The summed E-state index contributed by atoms with van der Waals surface area (Å²) in [6.45, 7) is 4.15. The van der Waals surface area contributed by atoms with Crippen molar-refractivity contribution in [2.45, 2.75) is 6.54 Å². The van der Waals surface area contributed by atoms with Crippen LogP contribution in [-0.4, -0.2) is 40.7 Å². The summed E-state index contributed by atoms with van der Waals surface area (Å²) in [6, 6.07) is 8.11. The zero-order valence-electron chi connectivity index (χ0n) is 14.1. The Morgan fingerprint density at radius 2 is 1.92 bits per heavy atom. The zero-order chi connectivity index (χ0) is 16.5. The molecular weight excluding hydrogens is 395 g/mol. The molecule has 1 aliphatic rings. The normalized spacial score (nSPS) is 14.0. The lowest BCUT2D eigenvalue weighted by molar-refractivity contribution is 0.585. The summed E-state index contributed by atoms with van der Waals surface area (Å²) in [5.74, 6) is 1.69. The second-order valence-corrected chi connectivity index (χ2v) is 6.23. The molecule has 26 heavy (non-hydrogen) atoms. The number of nitrogens with zero attached hydrogens (tertiary/aromatic N) is 4. The summed E-state index contributed by atoms with van der Waals surface area (Å²) in [5.41, 5.74) is 7.69. The van der Waals surface area contributed by atoms with Crippen LogP contribution in [0.2, 0.25) is 5.02 Å². The monoisotopic (exact) mass is 414 g/mol. The number of imidazole rings is 1. The lowest BCUT2D eigenvalue weighted by Crippen LogP contribution is -2.44. The van der Waals surface area contributed by atoms with Gasteiger partial charge in [-0.3, -0.25) is 0 Å². The molecule has 3 N–H and O–H groups in total. The minimum absolute atomic E-state index is 0. The summed E-state index contributed by atoms with van der Waals surface area (Å²) >= 11 is 6.51. The van der Waals surface area contributed by atoms with E-state index in [0.717, 1.165) is 54.4 Å². The molecule has 1 aliphatic heterocycles. The van der Waals surface area contributed by atoms with Crippen LogP contribution in [0.5, 0.6) is 0 Å². The molecule has 3 heterocycles. The largest absolute Gasteiger partial charge is 0.353 e. The first kappa shape index (κ1) is 20.7. The van der Waals surface area contributed by atoms with Crippen LogP contribution in [0, 0.1) is 0 Å². The van der Waals surface area contributed by atoms with Crippen molar-refractivity contribution in [1.29, 1.82) is 0 Å². The molecule has 3 aromatic rings. The minimum atomic E-state index is 0. The Balaban J connectivity index is 0.00000121. The van der Waals surface area contributed by atoms with Crippen LogP contribution < -0.4 is 16.0 Å². The van der Waals surface area contributed by atoms with Crippen LogP contribution >= 0.6 is 36.4 Å². The first-order valence-electron chi connectivity index (χ1n) is 8.05. The fraction of sp³-hybridized carbons (Fsp3) is 0.294. The second-order valence-electron chi connectivity index (χ2n) is 5.83. The summed E-state index contributed by atoms with van der Waals surface area (Å²) < 4.78 is 1.98. The molecule has 0 spiro atoms. The number of piperazine rings is 1. The third-order valence-electron chi connectivity index (χ3n) is 4.33. The van der Waals surface area contributed by atoms with Crippen LogP contribution in [-0.2, 0) is 6.54 Å². The molecule has 0 atom stereocenters. The number of pyridine rings is 1. The molecular formula is C17H21Cl3N6. The highest BCUT2D eigenvalue weighted by molar-refractivity contribution is 6.33. The first-order valence-corrected chi connectivity index (χ1v) is 8.43. The van der Waals surface area contributed by atoms with E-state index in [4.69, 9.17) is 22.3 Å². The lowest BCUT2D eigenvalue weighted by Gasteiger charge is -2.29. The van der Waals surface area contributed by atoms with Gasteiger partial charge in [-0.25, -0.2) is 9.97 Å². The van der Waals surface area contributed by atoms with Gasteiger partial charge in [-0.05, 0) is 24.3 Å². The number of rotatable bonds is 3. The van der Waals surface area contributed by atoms with Gasteiger partial charge in [0.25, 0.3) is 0 Å². The fourth-order valence-corrected chi connectivity index (χ4v) is 3.38. The van der Waals surface area contributed by atoms with Crippen LogP contribution in [0.15, 0.2) is 36.7 Å². The van der Waals surface area contributed by atoms with Gasteiger partial charge in [0.15, 0.2) is 0 Å². The average Bonchev–Trinajstić information content (AvgIpc) is 3.10. The zero-order valence-corrected chi connectivity index (χ0v) is 16.4. The van der Waals surface area contributed by atoms with Crippen molar-refractivity contribution in [3.63, 3.8) is 0 Å². The smallest absolute Gasteiger partial charge is 0.148 e. The topological polar surface area (TPSA) is 72.0 Å². The Kier molecular flexibility index (Phi) is 7.08. The summed E-state index contributed by atoms with van der Waals surface area (Å²) in [6.07, 6.45) is 3.67. The van der Waals surface area contributed by atoms with E-state index in [1.807, 2.05) is 29.0 Å². The molecule has 4 rings (SSSR count). The number of hydrogen-bond donors (Lipinski definition) is 2. The molecule has 2 aromatic heterocycles. The van der Waals surface area contributed by atoms with Gasteiger partial charge >= 0.3 is 0 Å². The van der Waals surface area contributed by atoms with E-state index < -0.39 is 0 Å². The van der Waals surface area contributed by atoms with Gasteiger partial charge in [-0.15, -0.1) is 24.8 Å². The minimum Gasteiger partial charge on any atom is -0.353 e. The molecule has 140 valence electrons. The van der Waals surface area contributed by atoms with Gasteiger partial charge in [-0.2, -0.15) is 0 Å². The number of hydrogen-bond acceptors (Lipinski definition) is 5. The predicted molar refractivity (Wildman–Crippen MR) is 111 cm³/mol. The maximum Gasteiger partial charge on any atom is 0.148 e. The van der Waals surface area contributed by atoms with E-state index in [-0.39, 0.29) is 24.8 Å². The highest BCUT2D eigenvalue weighted by atomic mass is 35.5. The maximum atomic E-state index is 6.51. The van der Waals surface area contributed by atoms with Crippen molar-refractivity contribution < 1.29 is 0 Å². The Bertz CT molecular complexity index is 876. The number of fused-ring (bicyclic) bond motifs is 1. The summed E-state index contributed by atoms with van der Waals surface area (Å²) in [5, 5.41) is 5.04. The van der Waals surface area contributed by atoms with Gasteiger partial charge in [0.05, 0.1) is 17.1 Å². The standard InChI is InChI=1S/C17H19ClN6.2ClH/c18-14-10-12-9-13(24-8-5-21-16(24)11-19)1-2-15(12)22-17(14)23-6-3-20-4-7-23;;/h1-2,5,8-10,20H,3-4,6-7,11,19H2;2*1H. The lowest BCUT2D eigenvalue weighted by atomic mass is 10.2. The SMILES string of the molecule is Cl.Cl.NCc1nccn1-c1ccc2nc(N3CCNCC3)c(Cl)cc2c1. The fourth-order valence-electron chi connectivity index (χ4n) is 3.10. The third-order valence-corrected chi connectivity index (χ3v) is 4.61. The van der Waals surface area contributed by atoms with E-state index in [1.54, 1.807) is 6.20 Å². The quantitative estimate of drug-likeness (QED) is 0.688. The van der Waals surface area contributed by atoms with Crippen molar-refractivity contribution in [1.82, 2.24) is 19.9 Å². The van der Waals surface area contributed by atoms with Crippen LogP contribution in [0.4, 0.5) is 5.82 Å². The van der Waals surface area contributed by atoms with Crippen molar-refractivity contribution >= 4 is 53.1 Å². The number of nitrogens with one attached hydrogen (secondary N) is 1. The molecule has 0 radical (unpaired) electrons. The number of aromatic nitrogens is 3. The van der Waals surface area contributed by atoms with Gasteiger partial charge in [0.1, 0.15) is 11.6 Å². The van der Waals surface area contributed by atoms with Gasteiger partial charge in [0, 0.05) is 49.6 Å². The first-order chi connectivity index (χ1) is 11.8. The van der Waals surface area contributed by atoms with Crippen molar-refractivity contribution in [2.75, 3.05) is 31.1 Å². The molecule has 1 fully saturated rings. The molecule has 1 aromatic carbocycles. The Morgan fingerprint density at radius 3 is 2.65 bits per heavy atom. The van der Waals surface area contributed by atoms with Gasteiger partial charge in [-0.1, -0.05) is 11.6 Å². The van der Waals surface area contributed by atoms with E-state index in [2.05, 4.69) is 21.3 Å². The van der Waals surface area contributed by atoms with Crippen LogP contribution in [0.1, 0.15) is 5.82 Å². The van der Waals surface area contributed by atoms with E-state index in [9.17, 15) is 0 Å². The van der Waals surface area contributed by atoms with Crippen molar-refractivity contribution in [3.05, 3.63) is 47.5 Å². The Labute approximate surface area is 169 Å². The van der Waals surface area contributed by atoms with Crippen molar-refractivity contribution in [3.8, 4) is 5.69 Å². The highest BCUT2D eigenvalue weighted by Gasteiger charge is 2.16. The maximum absolute atomic E-state index is 6.51. The average molecular weight is 416 g/mol. The highest BCUT2D eigenvalue weighted by Crippen LogP contribution is 2.29. The number of nitrogens with two attached hydrogens (primary N) is 1. The molecule has 0 unspecified atom stereocenters. The van der Waals surface area contributed by atoms with E-state index in [1.165, 1.54) is 0 Å². The molecule has 0 aliphatic carbocycles. The Morgan fingerprint density at radius 1 is 1.15 bits per heavy atom. The molecule has 6 nitrogen and oxygen atoms in total. The Hall–Kier alpha value is -1.57. The number of anilines is 1. The molecule has 1 saturated heterocycles. The number of halogens is 3.